The van der Waals surface area contributed by atoms with Crippen molar-refractivity contribution in [3.63, 3.8) is 0 Å². The highest BCUT2D eigenvalue weighted by Crippen LogP contribution is 2.19. The van der Waals surface area contributed by atoms with E-state index in [1.165, 1.54) is 5.56 Å². The molecule has 0 aliphatic carbocycles. The second-order valence-electron chi connectivity index (χ2n) is 5.27. The lowest BCUT2D eigenvalue weighted by Gasteiger charge is -2.19. The second kappa shape index (κ2) is 10.6. The van der Waals surface area contributed by atoms with Gasteiger partial charge in [-0.2, -0.15) is 0 Å². The molecule has 2 aromatic rings. The van der Waals surface area contributed by atoms with Crippen LogP contribution in [0.1, 0.15) is 17.2 Å². The lowest BCUT2D eigenvalue weighted by atomic mass is 10.1. The Kier molecular flexibility index (Phi) is 9.17. The van der Waals surface area contributed by atoms with Crippen molar-refractivity contribution in [2.45, 2.75) is 12.6 Å². The fourth-order valence-electron chi connectivity index (χ4n) is 2.31. The van der Waals surface area contributed by atoms with Crippen molar-refractivity contribution in [2.75, 3.05) is 20.7 Å². The molecule has 1 heterocycles. The predicted octanol–water partition coefficient (Wildman–Crippen LogP) is 3.35. The van der Waals surface area contributed by atoms with Crippen molar-refractivity contribution in [3.8, 4) is 0 Å². The molecule has 1 aromatic carbocycles. The highest BCUT2D eigenvalue weighted by molar-refractivity contribution is 14.0. The number of aromatic nitrogens is 1. The first kappa shape index (κ1) is 20.8. The third-order valence-electron chi connectivity index (χ3n) is 3.54. The van der Waals surface area contributed by atoms with Gasteiger partial charge in [0, 0.05) is 51.7 Å². The first-order chi connectivity index (χ1) is 11.1. The molecule has 0 bridgehead atoms. The van der Waals surface area contributed by atoms with Gasteiger partial charge in [0.15, 0.2) is 5.96 Å². The summed E-state index contributed by atoms with van der Waals surface area (Å²) in [5.41, 5.74) is 2.24. The number of halogens is 2. The zero-order chi connectivity index (χ0) is 16.7. The Bertz CT molecular complexity index is 660. The number of aryl methyl sites for hydroxylation is 1. The SMILES string of the molecule is CN=C(NCc1ccn(C)c1)NCC(OC)c1cccc(Cl)c1.I. The Morgan fingerprint density at radius 3 is 2.71 bits per heavy atom. The van der Waals surface area contributed by atoms with Gasteiger partial charge in [-0.3, -0.25) is 4.99 Å². The minimum Gasteiger partial charge on any atom is -0.375 e. The van der Waals surface area contributed by atoms with Gasteiger partial charge in [-0.05, 0) is 29.3 Å². The van der Waals surface area contributed by atoms with Crippen LogP contribution >= 0.6 is 35.6 Å². The van der Waals surface area contributed by atoms with Crippen molar-refractivity contribution in [2.24, 2.45) is 12.0 Å². The largest absolute Gasteiger partial charge is 0.375 e. The summed E-state index contributed by atoms with van der Waals surface area (Å²) in [5, 5.41) is 7.27. The van der Waals surface area contributed by atoms with Crippen LogP contribution in [0.2, 0.25) is 5.02 Å². The quantitative estimate of drug-likeness (QED) is 0.393. The molecule has 5 nitrogen and oxygen atoms in total. The molecular formula is C17H24ClIN4O. The number of rotatable bonds is 6. The van der Waals surface area contributed by atoms with Gasteiger partial charge >= 0.3 is 0 Å². The first-order valence-electron chi connectivity index (χ1n) is 7.46. The third-order valence-corrected chi connectivity index (χ3v) is 3.77. The van der Waals surface area contributed by atoms with Crippen LogP contribution in [0.5, 0.6) is 0 Å². The fourth-order valence-corrected chi connectivity index (χ4v) is 2.50. The van der Waals surface area contributed by atoms with Crippen LogP contribution in [-0.4, -0.2) is 31.2 Å². The molecule has 0 radical (unpaired) electrons. The Morgan fingerprint density at radius 2 is 2.12 bits per heavy atom. The Hall–Kier alpha value is -1.25. The topological polar surface area (TPSA) is 50.6 Å². The standard InChI is InChI=1S/C17H23ClN4O.HI/c1-19-17(20-10-13-7-8-22(2)12-13)21-11-16(23-3)14-5-4-6-15(18)9-14;/h4-9,12,16H,10-11H2,1-3H3,(H2,19,20,21);1H. The van der Waals surface area contributed by atoms with Gasteiger partial charge in [-0.15, -0.1) is 24.0 Å². The normalized spacial score (nSPS) is 12.4. The molecule has 1 atom stereocenters. The molecule has 0 spiro atoms. The molecule has 0 aliphatic rings. The highest BCUT2D eigenvalue weighted by Gasteiger charge is 2.11. The average molecular weight is 463 g/mol. The molecule has 1 unspecified atom stereocenters. The van der Waals surface area contributed by atoms with Gasteiger partial charge in [-0.1, -0.05) is 23.7 Å². The zero-order valence-electron chi connectivity index (χ0n) is 14.1. The molecular weight excluding hydrogens is 439 g/mol. The van der Waals surface area contributed by atoms with Crippen molar-refractivity contribution in [1.82, 2.24) is 15.2 Å². The third kappa shape index (κ3) is 6.33. The second-order valence-corrected chi connectivity index (χ2v) is 5.71. The molecule has 132 valence electrons. The summed E-state index contributed by atoms with van der Waals surface area (Å²) < 4.78 is 7.57. The molecule has 0 amide bonds. The number of hydrogen-bond donors (Lipinski definition) is 2. The fraction of sp³-hybridized carbons (Fsp3) is 0.353. The number of ether oxygens (including phenoxy) is 1. The Morgan fingerprint density at radius 1 is 1.33 bits per heavy atom. The van der Waals surface area contributed by atoms with Crippen molar-refractivity contribution in [3.05, 3.63) is 58.9 Å². The maximum absolute atomic E-state index is 6.04. The number of nitrogens with one attached hydrogen (secondary N) is 2. The van der Waals surface area contributed by atoms with E-state index in [9.17, 15) is 0 Å². The maximum atomic E-state index is 6.04. The summed E-state index contributed by atoms with van der Waals surface area (Å²) in [7, 11) is 5.44. The van der Waals surface area contributed by atoms with E-state index in [0.717, 1.165) is 18.1 Å². The maximum Gasteiger partial charge on any atom is 0.191 e. The smallest absolute Gasteiger partial charge is 0.191 e. The number of nitrogens with zero attached hydrogens (tertiary/aromatic N) is 2. The minimum absolute atomic E-state index is 0. The predicted molar refractivity (Wildman–Crippen MR) is 110 cm³/mol. The first-order valence-corrected chi connectivity index (χ1v) is 7.83. The van der Waals surface area contributed by atoms with E-state index in [1.54, 1.807) is 14.2 Å². The molecule has 1 aromatic heterocycles. The van der Waals surface area contributed by atoms with Gasteiger partial charge in [0.25, 0.3) is 0 Å². The molecule has 7 heteroatoms. The molecule has 0 saturated carbocycles. The van der Waals surface area contributed by atoms with E-state index in [2.05, 4.69) is 27.9 Å². The summed E-state index contributed by atoms with van der Waals surface area (Å²) >= 11 is 6.04. The molecule has 2 rings (SSSR count). The van der Waals surface area contributed by atoms with Gasteiger partial charge in [0.05, 0.1) is 6.10 Å². The highest BCUT2D eigenvalue weighted by atomic mass is 127. The summed E-state index contributed by atoms with van der Waals surface area (Å²) in [5.74, 6) is 0.734. The van der Waals surface area contributed by atoms with Gasteiger partial charge < -0.3 is 19.9 Å². The average Bonchev–Trinajstić information content (AvgIpc) is 2.96. The Balaban J connectivity index is 0.00000288. The van der Waals surface area contributed by atoms with E-state index in [1.807, 2.05) is 42.1 Å². The Labute approximate surface area is 165 Å². The number of aliphatic imine (C=N–C) groups is 1. The van der Waals surface area contributed by atoms with Gasteiger partial charge in [0.2, 0.25) is 0 Å². The summed E-state index contributed by atoms with van der Waals surface area (Å²) in [6.45, 7) is 1.32. The van der Waals surface area contributed by atoms with Crippen LogP contribution in [0.3, 0.4) is 0 Å². The number of benzene rings is 1. The summed E-state index contributed by atoms with van der Waals surface area (Å²) in [6.07, 6.45) is 4.00. The monoisotopic (exact) mass is 462 g/mol. The summed E-state index contributed by atoms with van der Waals surface area (Å²) in [4.78, 5) is 4.23. The minimum atomic E-state index is -0.0935. The van der Waals surface area contributed by atoms with Gasteiger partial charge in [0.1, 0.15) is 0 Å². The number of methoxy groups -OCH3 is 1. The van der Waals surface area contributed by atoms with Crippen LogP contribution in [0.4, 0.5) is 0 Å². The van der Waals surface area contributed by atoms with Crippen molar-refractivity contribution >= 4 is 41.5 Å². The summed E-state index contributed by atoms with van der Waals surface area (Å²) in [6, 6.07) is 9.77. The lowest BCUT2D eigenvalue weighted by molar-refractivity contribution is 0.106. The van der Waals surface area contributed by atoms with Crippen molar-refractivity contribution in [1.29, 1.82) is 0 Å². The van der Waals surface area contributed by atoms with E-state index < -0.39 is 0 Å². The van der Waals surface area contributed by atoms with Crippen LogP contribution in [0, 0.1) is 0 Å². The molecule has 0 saturated heterocycles. The van der Waals surface area contributed by atoms with E-state index >= 15 is 0 Å². The molecule has 0 fully saturated rings. The molecule has 2 N–H and O–H groups in total. The zero-order valence-corrected chi connectivity index (χ0v) is 17.2. The van der Waals surface area contributed by atoms with Crippen LogP contribution < -0.4 is 10.6 Å². The number of guanidine groups is 1. The van der Waals surface area contributed by atoms with Crippen LogP contribution in [-0.2, 0) is 18.3 Å². The van der Waals surface area contributed by atoms with E-state index in [-0.39, 0.29) is 30.1 Å². The molecule has 24 heavy (non-hydrogen) atoms. The van der Waals surface area contributed by atoms with Crippen LogP contribution in [0.15, 0.2) is 47.7 Å². The lowest BCUT2D eigenvalue weighted by Crippen LogP contribution is -2.39. The van der Waals surface area contributed by atoms with Crippen molar-refractivity contribution < 1.29 is 4.74 Å². The van der Waals surface area contributed by atoms with Gasteiger partial charge in [-0.25, -0.2) is 0 Å². The van der Waals surface area contributed by atoms with Crippen LogP contribution in [0.25, 0.3) is 0 Å². The number of hydrogen-bond acceptors (Lipinski definition) is 2. The van der Waals surface area contributed by atoms with E-state index in [0.29, 0.717) is 11.6 Å². The van der Waals surface area contributed by atoms with E-state index in [4.69, 9.17) is 16.3 Å². The molecule has 0 aliphatic heterocycles.